The third-order valence-electron chi connectivity index (χ3n) is 2.76. The molecule has 1 aromatic carbocycles. The SMILES string of the molecule is CC(=O)NCCCNCCCNC(=O)c1ccccc1. The first-order valence-electron chi connectivity index (χ1n) is 6.98. The summed E-state index contributed by atoms with van der Waals surface area (Å²) in [6, 6.07) is 9.20. The smallest absolute Gasteiger partial charge is 0.251 e. The van der Waals surface area contributed by atoms with Gasteiger partial charge in [0.05, 0.1) is 0 Å². The van der Waals surface area contributed by atoms with E-state index in [1.54, 1.807) is 12.1 Å². The zero-order chi connectivity index (χ0) is 14.6. The number of benzene rings is 1. The normalized spacial score (nSPS) is 10.1. The Balaban J connectivity index is 1.95. The quantitative estimate of drug-likeness (QED) is 0.588. The third kappa shape index (κ3) is 7.53. The molecule has 0 saturated carbocycles. The van der Waals surface area contributed by atoms with Gasteiger partial charge in [-0.05, 0) is 38.1 Å². The highest BCUT2D eigenvalue weighted by Gasteiger charge is 2.02. The standard InChI is InChI=1S/C15H23N3O2/c1-13(19)17-11-5-9-16-10-6-12-18-15(20)14-7-3-2-4-8-14/h2-4,7-8,16H,5-6,9-12H2,1H3,(H,17,19)(H,18,20). The maximum Gasteiger partial charge on any atom is 0.251 e. The average molecular weight is 277 g/mol. The summed E-state index contributed by atoms with van der Waals surface area (Å²) < 4.78 is 0. The number of amides is 2. The highest BCUT2D eigenvalue weighted by molar-refractivity contribution is 5.94. The molecule has 5 nitrogen and oxygen atoms in total. The highest BCUT2D eigenvalue weighted by atomic mass is 16.2. The first kappa shape index (κ1) is 16.2. The Labute approximate surface area is 120 Å². The van der Waals surface area contributed by atoms with Gasteiger partial charge in [0.1, 0.15) is 0 Å². The molecule has 110 valence electrons. The van der Waals surface area contributed by atoms with E-state index in [0.717, 1.165) is 25.9 Å². The van der Waals surface area contributed by atoms with Crippen molar-refractivity contribution < 1.29 is 9.59 Å². The van der Waals surface area contributed by atoms with Gasteiger partial charge in [0.25, 0.3) is 5.91 Å². The molecule has 0 fully saturated rings. The molecule has 0 heterocycles. The number of rotatable bonds is 9. The van der Waals surface area contributed by atoms with Gasteiger partial charge in [0.15, 0.2) is 0 Å². The second-order valence-corrected chi connectivity index (χ2v) is 4.56. The predicted molar refractivity (Wildman–Crippen MR) is 79.6 cm³/mol. The van der Waals surface area contributed by atoms with E-state index in [1.165, 1.54) is 6.92 Å². The number of carbonyl (C=O) groups excluding carboxylic acids is 2. The summed E-state index contributed by atoms with van der Waals surface area (Å²) in [5, 5.41) is 8.89. The second kappa shape index (κ2) is 9.97. The zero-order valence-electron chi connectivity index (χ0n) is 11.9. The van der Waals surface area contributed by atoms with Crippen LogP contribution in [0.15, 0.2) is 30.3 Å². The molecule has 2 amide bonds. The molecule has 0 aliphatic carbocycles. The van der Waals surface area contributed by atoms with Crippen LogP contribution in [0.4, 0.5) is 0 Å². The Morgan fingerprint density at radius 2 is 1.50 bits per heavy atom. The summed E-state index contributed by atoms with van der Waals surface area (Å²) in [7, 11) is 0. The molecule has 0 radical (unpaired) electrons. The van der Waals surface area contributed by atoms with Crippen LogP contribution >= 0.6 is 0 Å². The van der Waals surface area contributed by atoms with Gasteiger partial charge < -0.3 is 16.0 Å². The van der Waals surface area contributed by atoms with E-state index in [-0.39, 0.29) is 11.8 Å². The molecule has 5 heteroatoms. The van der Waals surface area contributed by atoms with E-state index in [9.17, 15) is 9.59 Å². The van der Waals surface area contributed by atoms with E-state index in [1.807, 2.05) is 18.2 Å². The van der Waals surface area contributed by atoms with Crippen molar-refractivity contribution in [1.82, 2.24) is 16.0 Å². The molecule has 0 aromatic heterocycles. The fourth-order valence-corrected chi connectivity index (χ4v) is 1.71. The van der Waals surface area contributed by atoms with Crippen LogP contribution in [0.3, 0.4) is 0 Å². The predicted octanol–water partition coefficient (Wildman–Crippen LogP) is 0.922. The summed E-state index contributed by atoms with van der Waals surface area (Å²) in [6.45, 7) is 4.60. The fourth-order valence-electron chi connectivity index (χ4n) is 1.71. The molecule has 1 aromatic rings. The summed E-state index contributed by atoms with van der Waals surface area (Å²) in [6.07, 6.45) is 1.80. The third-order valence-corrected chi connectivity index (χ3v) is 2.76. The van der Waals surface area contributed by atoms with Crippen LogP contribution in [0.5, 0.6) is 0 Å². The minimum Gasteiger partial charge on any atom is -0.356 e. The van der Waals surface area contributed by atoms with E-state index < -0.39 is 0 Å². The van der Waals surface area contributed by atoms with Crippen LogP contribution in [0.25, 0.3) is 0 Å². The average Bonchev–Trinajstić information content (AvgIpc) is 2.46. The summed E-state index contributed by atoms with van der Waals surface area (Å²) in [4.78, 5) is 22.3. The van der Waals surface area contributed by atoms with E-state index in [2.05, 4.69) is 16.0 Å². The van der Waals surface area contributed by atoms with Crippen LogP contribution in [-0.4, -0.2) is 38.0 Å². The van der Waals surface area contributed by atoms with Crippen molar-refractivity contribution in [1.29, 1.82) is 0 Å². The topological polar surface area (TPSA) is 70.2 Å². The van der Waals surface area contributed by atoms with E-state index >= 15 is 0 Å². The lowest BCUT2D eigenvalue weighted by Crippen LogP contribution is -2.29. The number of hydrogen-bond acceptors (Lipinski definition) is 3. The van der Waals surface area contributed by atoms with Crippen LogP contribution < -0.4 is 16.0 Å². The van der Waals surface area contributed by atoms with Gasteiger partial charge in [-0.1, -0.05) is 18.2 Å². The van der Waals surface area contributed by atoms with Gasteiger partial charge in [-0.3, -0.25) is 9.59 Å². The van der Waals surface area contributed by atoms with Gasteiger partial charge in [-0.25, -0.2) is 0 Å². The summed E-state index contributed by atoms with van der Waals surface area (Å²) in [5.74, 6) is -0.0233. The summed E-state index contributed by atoms with van der Waals surface area (Å²) >= 11 is 0. The molecule has 0 saturated heterocycles. The monoisotopic (exact) mass is 277 g/mol. The minimum absolute atomic E-state index is 0.00799. The molecule has 0 bridgehead atoms. The summed E-state index contributed by atoms with van der Waals surface area (Å²) in [5.41, 5.74) is 0.691. The molecule has 0 atom stereocenters. The number of hydrogen-bond donors (Lipinski definition) is 3. The van der Waals surface area contributed by atoms with Crippen molar-refractivity contribution >= 4 is 11.8 Å². The minimum atomic E-state index is -0.0312. The maximum absolute atomic E-state index is 11.7. The lowest BCUT2D eigenvalue weighted by Gasteiger charge is -2.07. The largest absolute Gasteiger partial charge is 0.356 e. The molecule has 20 heavy (non-hydrogen) atoms. The van der Waals surface area contributed by atoms with Gasteiger partial charge in [0, 0.05) is 25.6 Å². The van der Waals surface area contributed by atoms with Crippen LogP contribution in [0.1, 0.15) is 30.1 Å². The molecular weight excluding hydrogens is 254 g/mol. The van der Waals surface area contributed by atoms with Gasteiger partial charge >= 0.3 is 0 Å². The van der Waals surface area contributed by atoms with E-state index in [4.69, 9.17) is 0 Å². The maximum atomic E-state index is 11.7. The molecule has 0 unspecified atom stereocenters. The van der Waals surface area contributed by atoms with Crippen molar-refractivity contribution in [2.45, 2.75) is 19.8 Å². The van der Waals surface area contributed by atoms with E-state index in [0.29, 0.717) is 18.7 Å². The van der Waals surface area contributed by atoms with Crippen molar-refractivity contribution in [3.05, 3.63) is 35.9 Å². The second-order valence-electron chi connectivity index (χ2n) is 4.56. The lowest BCUT2D eigenvalue weighted by atomic mass is 10.2. The fraction of sp³-hybridized carbons (Fsp3) is 0.467. The number of nitrogens with one attached hydrogen (secondary N) is 3. The molecular formula is C15H23N3O2. The van der Waals surface area contributed by atoms with Gasteiger partial charge in [-0.15, -0.1) is 0 Å². The molecule has 1 rings (SSSR count). The van der Waals surface area contributed by atoms with Gasteiger partial charge in [-0.2, -0.15) is 0 Å². The van der Waals surface area contributed by atoms with Crippen molar-refractivity contribution in [2.24, 2.45) is 0 Å². The Morgan fingerprint density at radius 3 is 2.10 bits per heavy atom. The molecule has 0 spiro atoms. The Hall–Kier alpha value is -1.88. The van der Waals surface area contributed by atoms with Crippen molar-refractivity contribution in [3.8, 4) is 0 Å². The van der Waals surface area contributed by atoms with Crippen LogP contribution in [0, 0.1) is 0 Å². The van der Waals surface area contributed by atoms with Crippen LogP contribution in [-0.2, 0) is 4.79 Å². The van der Waals surface area contributed by atoms with Gasteiger partial charge in [0.2, 0.25) is 5.91 Å². The van der Waals surface area contributed by atoms with Crippen molar-refractivity contribution in [3.63, 3.8) is 0 Å². The van der Waals surface area contributed by atoms with Crippen molar-refractivity contribution in [2.75, 3.05) is 26.2 Å². The first-order valence-corrected chi connectivity index (χ1v) is 6.98. The highest BCUT2D eigenvalue weighted by Crippen LogP contribution is 1.97. The molecule has 0 aliphatic rings. The number of carbonyl (C=O) groups is 2. The zero-order valence-corrected chi connectivity index (χ0v) is 11.9. The lowest BCUT2D eigenvalue weighted by molar-refractivity contribution is -0.118. The van der Waals surface area contributed by atoms with Crippen LogP contribution in [0.2, 0.25) is 0 Å². The Bertz CT molecular complexity index is 407. The Kier molecular flexibility index (Phi) is 8.07. The Morgan fingerprint density at radius 1 is 0.900 bits per heavy atom. The molecule has 3 N–H and O–H groups in total. The first-order chi connectivity index (χ1) is 9.70. The molecule has 0 aliphatic heterocycles.